The minimum absolute atomic E-state index is 0.000296. The van der Waals surface area contributed by atoms with E-state index in [1.54, 1.807) is 11.9 Å². The molecular weight excluding hydrogens is 260 g/mol. The molecule has 0 saturated heterocycles. The third kappa shape index (κ3) is 5.03. The Balaban J connectivity index is 2.59. The van der Waals surface area contributed by atoms with Gasteiger partial charge in [-0.15, -0.1) is 11.3 Å². The zero-order valence-electron chi connectivity index (χ0n) is 11.2. The summed E-state index contributed by atoms with van der Waals surface area (Å²) in [6.45, 7) is 1.20. The maximum absolute atomic E-state index is 12.2. The number of aliphatic hydroxyl groups is 1. The Morgan fingerprint density at radius 1 is 1.47 bits per heavy atom. The van der Waals surface area contributed by atoms with Gasteiger partial charge in [-0.05, 0) is 30.7 Å². The third-order valence-corrected chi connectivity index (χ3v) is 3.59. The molecule has 0 aromatic carbocycles. The lowest BCUT2D eigenvalue weighted by Gasteiger charge is -2.16. The van der Waals surface area contributed by atoms with Gasteiger partial charge in [-0.25, -0.2) is 0 Å². The van der Waals surface area contributed by atoms with Crippen LogP contribution in [0.25, 0.3) is 0 Å². The Kier molecular flexibility index (Phi) is 7.19. The molecule has 0 aliphatic rings. The lowest BCUT2D eigenvalue weighted by molar-refractivity contribution is 0.0796. The molecule has 1 amide bonds. The summed E-state index contributed by atoms with van der Waals surface area (Å²) in [4.78, 5) is 14.6. The first-order valence-corrected chi connectivity index (χ1v) is 7.21. The molecule has 4 nitrogen and oxygen atoms in total. The first-order chi connectivity index (χ1) is 9.20. The summed E-state index contributed by atoms with van der Waals surface area (Å²) in [6, 6.07) is 1.85. The molecule has 0 bridgehead atoms. The highest BCUT2D eigenvalue weighted by Crippen LogP contribution is 2.18. The number of amides is 1. The standard InChI is InChI=1S/C14H20N2O2S/c1-16(9-3-2-4-10-17)14(18)13-12(6-5-8-15)7-11-19-13/h7,11,17H,2-4,8-10,15H2,1H3. The maximum atomic E-state index is 12.2. The second-order valence-electron chi connectivity index (χ2n) is 4.18. The highest BCUT2D eigenvalue weighted by Gasteiger charge is 2.16. The Morgan fingerprint density at radius 2 is 2.26 bits per heavy atom. The van der Waals surface area contributed by atoms with E-state index in [1.807, 2.05) is 11.4 Å². The van der Waals surface area contributed by atoms with Crippen LogP contribution in [-0.4, -0.2) is 42.7 Å². The van der Waals surface area contributed by atoms with Crippen LogP contribution in [0.1, 0.15) is 34.5 Å². The summed E-state index contributed by atoms with van der Waals surface area (Å²) < 4.78 is 0. The van der Waals surface area contributed by atoms with Gasteiger partial charge in [0.2, 0.25) is 0 Å². The van der Waals surface area contributed by atoms with Crippen LogP contribution >= 0.6 is 11.3 Å². The average molecular weight is 280 g/mol. The lowest BCUT2D eigenvalue weighted by Crippen LogP contribution is -2.27. The van der Waals surface area contributed by atoms with Crippen molar-refractivity contribution in [3.05, 3.63) is 21.9 Å². The van der Waals surface area contributed by atoms with Crippen LogP contribution in [0.2, 0.25) is 0 Å². The minimum Gasteiger partial charge on any atom is -0.396 e. The van der Waals surface area contributed by atoms with Crippen molar-refractivity contribution in [2.24, 2.45) is 5.73 Å². The van der Waals surface area contributed by atoms with Gasteiger partial charge in [0.15, 0.2) is 0 Å². The lowest BCUT2D eigenvalue weighted by atomic mass is 10.2. The highest BCUT2D eigenvalue weighted by atomic mass is 32.1. The van der Waals surface area contributed by atoms with E-state index >= 15 is 0 Å². The maximum Gasteiger partial charge on any atom is 0.264 e. The van der Waals surface area contributed by atoms with Gasteiger partial charge in [-0.2, -0.15) is 0 Å². The van der Waals surface area contributed by atoms with Crippen molar-refractivity contribution in [1.29, 1.82) is 0 Å². The molecule has 0 atom stereocenters. The number of nitrogens with two attached hydrogens (primary N) is 1. The summed E-state index contributed by atoms with van der Waals surface area (Å²) in [5.41, 5.74) is 6.09. The summed E-state index contributed by atoms with van der Waals surface area (Å²) in [7, 11) is 1.79. The fraction of sp³-hybridized carbons (Fsp3) is 0.500. The predicted octanol–water partition coefficient (Wildman–Crippen LogP) is 1.29. The quantitative estimate of drug-likeness (QED) is 0.609. The molecule has 0 fully saturated rings. The monoisotopic (exact) mass is 280 g/mol. The zero-order chi connectivity index (χ0) is 14.1. The number of carbonyl (C=O) groups is 1. The van der Waals surface area contributed by atoms with Gasteiger partial charge >= 0.3 is 0 Å². The van der Waals surface area contributed by atoms with Crippen LogP contribution in [0.3, 0.4) is 0 Å². The van der Waals surface area contributed by atoms with Gasteiger partial charge in [-0.1, -0.05) is 11.8 Å². The van der Waals surface area contributed by atoms with Gasteiger partial charge in [0.25, 0.3) is 5.91 Å². The summed E-state index contributed by atoms with van der Waals surface area (Å²) in [5, 5.41) is 10.6. The molecule has 19 heavy (non-hydrogen) atoms. The molecule has 0 spiro atoms. The molecule has 5 heteroatoms. The summed E-state index contributed by atoms with van der Waals surface area (Å²) >= 11 is 1.41. The average Bonchev–Trinajstić information content (AvgIpc) is 2.88. The van der Waals surface area contributed by atoms with Gasteiger partial charge < -0.3 is 15.7 Å². The summed E-state index contributed by atoms with van der Waals surface area (Å²) in [5.74, 6) is 5.69. The number of hydrogen-bond acceptors (Lipinski definition) is 4. The van der Waals surface area contributed by atoms with E-state index < -0.39 is 0 Å². The van der Waals surface area contributed by atoms with Crippen molar-refractivity contribution >= 4 is 17.2 Å². The van der Waals surface area contributed by atoms with Crippen molar-refractivity contribution in [1.82, 2.24) is 4.90 Å². The number of aliphatic hydroxyl groups excluding tert-OH is 1. The normalized spacial score (nSPS) is 9.84. The van der Waals surface area contributed by atoms with Crippen LogP contribution in [0.15, 0.2) is 11.4 Å². The smallest absolute Gasteiger partial charge is 0.264 e. The zero-order valence-corrected chi connectivity index (χ0v) is 12.0. The Morgan fingerprint density at radius 3 is 2.95 bits per heavy atom. The van der Waals surface area contributed by atoms with Gasteiger partial charge in [0.05, 0.1) is 6.54 Å². The van der Waals surface area contributed by atoms with Gasteiger partial charge in [0.1, 0.15) is 4.88 Å². The van der Waals surface area contributed by atoms with Crippen molar-refractivity contribution in [3.8, 4) is 11.8 Å². The van der Waals surface area contributed by atoms with E-state index in [0.29, 0.717) is 18.0 Å². The number of thiophene rings is 1. The van der Waals surface area contributed by atoms with E-state index in [1.165, 1.54) is 11.3 Å². The van der Waals surface area contributed by atoms with E-state index in [2.05, 4.69) is 11.8 Å². The molecule has 1 aromatic rings. The number of carbonyl (C=O) groups excluding carboxylic acids is 1. The predicted molar refractivity (Wildman–Crippen MR) is 78.1 cm³/mol. The largest absolute Gasteiger partial charge is 0.396 e. The van der Waals surface area contributed by atoms with Gasteiger partial charge in [0, 0.05) is 25.8 Å². The van der Waals surface area contributed by atoms with E-state index in [4.69, 9.17) is 10.8 Å². The molecule has 1 rings (SSSR count). The molecular formula is C14H20N2O2S. The van der Waals surface area contributed by atoms with Gasteiger partial charge in [-0.3, -0.25) is 4.79 Å². The van der Waals surface area contributed by atoms with E-state index in [0.717, 1.165) is 24.8 Å². The van der Waals surface area contributed by atoms with Crippen molar-refractivity contribution in [2.45, 2.75) is 19.3 Å². The van der Waals surface area contributed by atoms with E-state index in [9.17, 15) is 4.79 Å². The van der Waals surface area contributed by atoms with Crippen molar-refractivity contribution < 1.29 is 9.90 Å². The van der Waals surface area contributed by atoms with Crippen molar-refractivity contribution in [2.75, 3.05) is 26.7 Å². The number of unbranched alkanes of at least 4 members (excludes halogenated alkanes) is 2. The highest BCUT2D eigenvalue weighted by molar-refractivity contribution is 7.12. The second kappa shape index (κ2) is 8.70. The van der Waals surface area contributed by atoms with Crippen LogP contribution in [0.5, 0.6) is 0 Å². The molecule has 1 heterocycles. The number of rotatable bonds is 6. The SMILES string of the molecule is CN(CCCCCO)C(=O)c1sccc1C#CCN. The molecule has 0 radical (unpaired) electrons. The van der Waals surface area contributed by atoms with Crippen molar-refractivity contribution in [3.63, 3.8) is 0 Å². The van der Waals surface area contributed by atoms with E-state index in [-0.39, 0.29) is 12.5 Å². The molecule has 0 unspecified atom stereocenters. The molecule has 1 aromatic heterocycles. The fourth-order valence-electron chi connectivity index (χ4n) is 1.63. The molecule has 104 valence electrons. The molecule has 0 aliphatic heterocycles. The summed E-state index contributed by atoms with van der Waals surface area (Å²) in [6.07, 6.45) is 2.62. The fourth-order valence-corrected chi connectivity index (χ4v) is 2.47. The first kappa shape index (κ1) is 15.7. The molecule has 0 saturated carbocycles. The Bertz CT molecular complexity index is 460. The minimum atomic E-state index is 0.000296. The molecule has 3 N–H and O–H groups in total. The van der Waals surface area contributed by atoms with Crippen LogP contribution in [-0.2, 0) is 0 Å². The first-order valence-electron chi connectivity index (χ1n) is 6.33. The molecule has 0 aliphatic carbocycles. The van der Waals surface area contributed by atoms with Crippen LogP contribution in [0.4, 0.5) is 0 Å². The Labute approximate surface area is 118 Å². The topological polar surface area (TPSA) is 66.6 Å². The second-order valence-corrected chi connectivity index (χ2v) is 5.10. The van der Waals surface area contributed by atoms with Crippen LogP contribution < -0.4 is 5.73 Å². The third-order valence-electron chi connectivity index (χ3n) is 2.68. The van der Waals surface area contributed by atoms with Crippen LogP contribution in [0, 0.1) is 11.8 Å². The number of nitrogens with zero attached hydrogens (tertiary/aromatic N) is 1. The Hall–Kier alpha value is -1.35. The number of hydrogen-bond donors (Lipinski definition) is 2.